The summed E-state index contributed by atoms with van der Waals surface area (Å²) in [5, 5.41) is 0.820. The largest absolute Gasteiger partial charge is 0.466 e. The van der Waals surface area contributed by atoms with Gasteiger partial charge in [-0.3, -0.25) is 4.79 Å². The molecule has 0 amide bonds. The number of benzene rings is 1. The first-order valence-corrected chi connectivity index (χ1v) is 6.21. The van der Waals surface area contributed by atoms with Crippen LogP contribution < -0.4 is 4.74 Å². The summed E-state index contributed by atoms with van der Waals surface area (Å²) >= 11 is 17.6. The van der Waals surface area contributed by atoms with Gasteiger partial charge in [-0.25, -0.2) is 0 Å². The number of rotatable bonds is 3. The summed E-state index contributed by atoms with van der Waals surface area (Å²) in [5.74, 6) is 0.138. The van der Waals surface area contributed by atoms with Gasteiger partial charge in [-0.2, -0.15) is 0 Å². The fourth-order valence-electron chi connectivity index (χ4n) is 1.08. The molecule has 0 N–H and O–H groups in total. The van der Waals surface area contributed by atoms with Gasteiger partial charge < -0.3 is 4.74 Å². The number of hydrogen-bond donors (Lipinski definition) is 0. The standard InChI is InChI=1S/C12H13Cl3O2/c1-12(2,3)10(16)11(15)17-9-5-4-7(13)6-8(9)14/h4-6,11H,1-3H3. The summed E-state index contributed by atoms with van der Waals surface area (Å²) in [7, 11) is 0. The third-order valence-corrected chi connectivity index (χ3v) is 2.89. The maximum atomic E-state index is 11.8. The van der Waals surface area contributed by atoms with Crippen molar-refractivity contribution in [1.82, 2.24) is 0 Å². The third-order valence-electron chi connectivity index (χ3n) is 2.07. The second-order valence-corrected chi connectivity index (χ2v) is 5.86. The van der Waals surface area contributed by atoms with Crippen LogP contribution in [0.4, 0.5) is 0 Å². The number of ketones is 1. The first-order chi connectivity index (χ1) is 7.71. The van der Waals surface area contributed by atoms with E-state index >= 15 is 0 Å². The van der Waals surface area contributed by atoms with Crippen LogP contribution in [0.25, 0.3) is 0 Å². The molecule has 0 aliphatic heterocycles. The van der Waals surface area contributed by atoms with Gasteiger partial charge in [0, 0.05) is 10.4 Å². The Morgan fingerprint density at radius 3 is 2.35 bits per heavy atom. The molecule has 0 radical (unpaired) electrons. The minimum atomic E-state index is -1.06. The Bertz CT molecular complexity index is 424. The van der Waals surface area contributed by atoms with E-state index in [1.165, 1.54) is 6.07 Å². The molecule has 0 fully saturated rings. The molecule has 1 aromatic carbocycles. The third kappa shape index (κ3) is 4.06. The molecule has 0 saturated carbocycles. The number of ether oxygens (including phenoxy) is 1. The van der Waals surface area contributed by atoms with E-state index in [4.69, 9.17) is 39.5 Å². The van der Waals surface area contributed by atoms with Crippen LogP contribution in [0.3, 0.4) is 0 Å². The Balaban J connectivity index is 2.81. The lowest BCUT2D eigenvalue weighted by Crippen LogP contribution is -2.32. The van der Waals surface area contributed by atoms with E-state index in [1.54, 1.807) is 32.9 Å². The summed E-state index contributed by atoms with van der Waals surface area (Å²) in [6.45, 7) is 5.33. The fraction of sp³-hybridized carbons (Fsp3) is 0.417. The average Bonchev–Trinajstić information content (AvgIpc) is 2.19. The number of hydrogen-bond acceptors (Lipinski definition) is 2. The number of Topliss-reactive ketones (excluding diaryl/α,β-unsaturated/α-hetero) is 1. The zero-order valence-corrected chi connectivity index (χ0v) is 12.0. The summed E-state index contributed by atoms with van der Waals surface area (Å²) in [5.41, 5.74) is -1.63. The maximum Gasteiger partial charge on any atom is 0.230 e. The molecule has 0 saturated heterocycles. The Hall–Kier alpha value is -0.440. The van der Waals surface area contributed by atoms with Crippen LogP contribution in [0.2, 0.25) is 10.0 Å². The van der Waals surface area contributed by atoms with E-state index in [0.717, 1.165) is 0 Å². The van der Waals surface area contributed by atoms with Crippen molar-refractivity contribution in [3.05, 3.63) is 28.2 Å². The van der Waals surface area contributed by atoms with Crippen molar-refractivity contribution in [3.63, 3.8) is 0 Å². The minimum Gasteiger partial charge on any atom is -0.466 e. The number of halogens is 3. The lowest BCUT2D eigenvalue weighted by Gasteiger charge is -2.21. The predicted molar refractivity (Wildman–Crippen MR) is 71.2 cm³/mol. The molecule has 0 bridgehead atoms. The van der Waals surface area contributed by atoms with Gasteiger partial charge in [-0.1, -0.05) is 55.6 Å². The van der Waals surface area contributed by atoms with E-state index in [2.05, 4.69) is 0 Å². The van der Waals surface area contributed by atoms with Gasteiger partial charge in [0.2, 0.25) is 5.56 Å². The molecular formula is C12H13Cl3O2. The van der Waals surface area contributed by atoms with E-state index in [0.29, 0.717) is 15.8 Å². The molecule has 2 nitrogen and oxygen atoms in total. The van der Waals surface area contributed by atoms with Gasteiger partial charge in [-0.05, 0) is 18.2 Å². The molecule has 1 unspecified atom stereocenters. The normalized spacial score (nSPS) is 13.3. The first kappa shape index (κ1) is 14.6. The maximum absolute atomic E-state index is 11.8. The summed E-state index contributed by atoms with van der Waals surface area (Å²) < 4.78 is 5.31. The number of carbonyl (C=O) groups is 1. The fourth-order valence-corrected chi connectivity index (χ4v) is 1.95. The Morgan fingerprint density at radius 1 is 1.29 bits per heavy atom. The van der Waals surface area contributed by atoms with Crippen LogP contribution in [-0.4, -0.2) is 11.3 Å². The Kier molecular flexibility index (Phi) is 4.70. The quantitative estimate of drug-likeness (QED) is 0.765. The number of carbonyl (C=O) groups excluding carboxylic acids is 1. The molecule has 94 valence electrons. The SMILES string of the molecule is CC(C)(C)C(=O)C(Cl)Oc1ccc(Cl)cc1Cl. The molecule has 5 heteroatoms. The second kappa shape index (κ2) is 5.47. The van der Waals surface area contributed by atoms with Crippen LogP contribution in [0.15, 0.2) is 18.2 Å². The van der Waals surface area contributed by atoms with Crippen molar-refractivity contribution in [1.29, 1.82) is 0 Å². The van der Waals surface area contributed by atoms with Crippen molar-refractivity contribution >= 4 is 40.6 Å². The lowest BCUT2D eigenvalue weighted by molar-refractivity contribution is -0.130. The molecule has 1 rings (SSSR count). The Labute approximate surface area is 116 Å². The highest BCUT2D eigenvalue weighted by Crippen LogP contribution is 2.30. The van der Waals surface area contributed by atoms with E-state index in [9.17, 15) is 4.79 Å². The van der Waals surface area contributed by atoms with Crippen LogP contribution in [0.1, 0.15) is 20.8 Å². The molecule has 0 aromatic heterocycles. The second-order valence-electron chi connectivity index (χ2n) is 4.62. The van der Waals surface area contributed by atoms with Crippen molar-refractivity contribution in [3.8, 4) is 5.75 Å². The average molecular weight is 296 g/mol. The monoisotopic (exact) mass is 294 g/mol. The molecule has 1 aromatic rings. The predicted octanol–water partition coefficient (Wildman–Crippen LogP) is 4.55. The van der Waals surface area contributed by atoms with Crippen LogP contribution in [-0.2, 0) is 4.79 Å². The molecule has 0 aliphatic carbocycles. The van der Waals surface area contributed by atoms with E-state index < -0.39 is 11.0 Å². The van der Waals surface area contributed by atoms with Crippen LogP contribution in [0.5, 0.6) is 5.75 Å². The lowest BCUT2D eigenvalue weighted by atomic mass is 9.91. The molecule has 0 heterocycles. The topological polar surface area (TPSA) is 26.3 Å². The first-order valence-electron chi connectivity index (χ1n) is 5.02. The van der Waals surface area contributed by atoms with Gasteiger partial charge in [0.25, 0.3) is 0 Å². The summed E-state index contributed by atoms with van der Waals surface area (Å²) in [6, 6.07) is 4.73. The molecule has 17 heavy (non-hydrogen) atoms. The van der Waals surface area contributed by atoms with Crippen molar-refractivity contribution < 1.29 is 9.53 Å². The summed E-state index contributed by atoms with van der Waals surface area (Å²) in [6.07, 6.45) is 0. The minimum absolute atomic E-state index is 0.204. The van der Waals surface area contributed by atoms with E-state index in [-0.39, 0.29) is 5.78 Å². The molecular weight excluding hydrogens is 282 g/mol. The zero-order chi connectivity index (χ0) is 13.2. The molecule has 0 spiro atoms. The van der Waals surface area contributed by atoms with Crippen LogP contribution >= 0.6 is 34.8 Å². The Morgan fingerprint density at radius 2 is 1.88 bits per heavy atom. The highest BCUT2D eigenvalue weighted by atomic mass is 35.5. The van der Waals surface area contributed by atoms with E-state index in [1.807, 2.05) is 0 Å². The van der Waals surface area contributed by atoms with Gasteiger partial charge in [0.15, 0.2) is 5.78 Å². The highest BCUT2D eigenvalue weighted by Gasteiger charge is 2.30. The summed E-state index contributed by atoms with van der Waals surface area (Å²) in [4.78, 5) is 11.8. The zero-order valence-electron chi connectivity index (χ0n) is 9.76. The van der Waals surface area contributed by atoms with Gasteiger partial charge in [0.05, 0.1) is 5.02 Å². The smallest absolute Gasteiger partial charge is 0.230 e. The number of alkyl halides is 1. The van der Waals surface area contributed by atoms with Gasteiger partial charge >= 0.3 is 0 Å². The van der Waals surface area contributed by atoms with Gasteiger partial charge in [-0.15, -0.1) is 0 Å². The highest BCUT2D eigenvalue weighted by molar-refractivity contribution is 6.35. The van der Waals surface area contributed by atoms with Crippen molar-refractivity contribution in [2.24, 2.45) is 5.41 Å². The molecule has 0 aliphatic rings. The van der Waals surface area contributed by atoms with Crippen molar-refractivity contribution in [2.45, 2.75) is 26.3 Å². The molecule has 1 atom stereocenters. The van der Waals surface area contributed by atoms with Gasteiger partial charge in [0.1, 0.15) is 5.75 Å². The van der Waals surface area contributed by atoms with Crippen molar-refractivity contribution in [2.75, 3.05) is 0 Å². The van der Waals surface area contributed by atoms with Crippen LogP contribution in [0, 0.1) is 5.41 Å².